The first-order valence-corrected chi connectivity index (χ1v) is 11.8. The van der Waals surface area contributed by atoms with Gasteiger partial charge in [-0.25, -0.2) is 4.98 Å². The molecule has 184 valence electrons. The number of amides is 1. The molecule has 1 amide bonds. The summed E-state index contributed by atoms with van der Waals surface area (Å²) in [6, 6.07) is 15.0. The second-order valence-electron chi connectivity index (χ2n) is 8.72. The molecular formula is C25H36IN7O. The van der Waals surface area contributed by atoms with E-state index < -0.39 is 0 Å². The predicted octanol–water partition coefficient (Wildman–Crippen LogP) is 2.49. The van der Waals surface area contributed by atoms with Crippen LogP contribution in [0.2, 0.25) is 0 Å². The Morgan fingerprint density at radius 2 is 1.82 bits per heavy atom. The minimum atomic E-state index is 0. The molecule has 0 spiro atoms. The monoisotopic (exact) mass is 577 g/mol. The number of aromatic nitrogens is 1. The van der Waals surface area contributed by atoms with Crippen LogP contribution in [-0.4, -0.2) is 80.7 Å². The quantitative estimate of drug-likeness (QED) is 0.312. The molecule has 2 aliphatic rings. The first kappa shape index (κ1) is 26.1. The fourth-order valence-corrected chi connectivity index (χ4v) is 4.43. The standard InChI is InChI=1S/C25H35N7O.HI/c1-20-6-8-22(9-7-20)32-14-11-21(19-32)29-25(26-2)28-13-10-24(33)31-17-15-30(16-18-31)23-5-3-4-12-27-23;/h3-9,12,21H,10-11,13-19H2,1-2H3,(H2,26,28,29);1H. The molecule has 0 aliphatic carbocycles. The number of pyridine rings is 1. The number of hydrogen-bond acceptors (Lipinski definition) is 5. The molecule has 2 fully saturated rings. The van der Waals surface area contributed by atoms with Crippen molar-refractivity contribution >= 4 is 47.3 Å². The Labute approximate surface area is 219 Å². The van der Waals surface area contributed by atoms with Crippen LogP contribution in [0.15, 0.2) is 53.7 Å². The van der Waals surface area contributed by atoms with Crippen molar-refractivity contribution in [2.45, 2.75) is 25.8 Å². The number of anilines is 2. The van der Waals surface area contributed by atoms with Crippen LogP contribution in [0.1, 0.15) is 18.4 Å². The molecule has 0 saturated carbocycles. The maximum absolute atomic E-state index is 12.7. The van der Waals surface area contributed by atoms with Gasteiger partial charge in [0.1, 0.15) is 5.82 Å². The zero-order chi connectivity index (χ0) is 23.0. The van der Waals surface area contributed by atoms with Crippen molar-refractivity contribution in [3.8, 4) is 0 Å². The van der Waals surface area contributed by atoms with Crippen LogP contribution in [0.5, 0.6) is 0 Å². The van der Waals surface area contributed by atoms with Gasteiger partial charge < -0.3 is 25.3 Å². The molecule has 34 heavy (non-hydrogen) atoms. The molecule has 0 radical (unpaired) electrons. The molecule has 4 rings (SSSR count). The van der Waals surface area contributed by atoms with Gasteiger partial charge in [-0.3, -0.25) is 9.79 Å². The van der Waals surface area contributed by atoms with E-state index in [0.29, 0.717) is 19.0 Å². The van der Waals surface area contributed by atoms with Crippen LogP contribution < -0.4 is 20.4 Å². The molecule has 1 atom stereocenters. The Kier molecular flexibility index (Phi) is 9.79. The molecule has 3 heterocycles. The van der Waals surface area contributed by atoms with Crippen molar-refractivity contribution in [1.29, 1.82) is 0 Å². The van der Waals surface area contributed by atoms with Crippen molar-refractivity contribution in [2.24, 2.45) is 4.99 Å². The van der Waals surface area contributed by atoms with E-state index in [1.807, 2.05) is 29.3 Å². The number of aryl methyl sites for hydroxylation is 1. The maximum Gasteiger partial charge on any atom is 0.224 e. The minimum Gasteiger partial charge on any atom is -0.369 e. The molecule has 1 unspecified atom stereocenters. The third kappa shape index (κ3) is 6.97. The number of nitrogens with zero attached hydrogens (tertiary/aromatic N) is 5. The van der Waals surface area contributed by atoms with Gasteiger partial charge in [0.05, 0.1) is 0 Å². The van der Waals surface area contributed by atoms with Gasteiger partial charge in [0.25, 0.3) is 0 Å². The number of nitrogens with one attached hydrogen (secondary N) is 2. The van der Waals surface area contributed by atoms with E-state index in [9.17, 15) is 4.79 Å². The Morgan fingerprint density at radius 3 is 2.50 bits per heavy atom. The topological polar surface area (TPSA) is 76.1 Å². The smallest absolute Gasteiger partial charge is 0.224 e. The summed E-state index contributed by atoms with van der Waals surface area (Å²) in [6.07, 6.45) is 3.34. The highest BCUT2D eigenvalue weighted by Crippen LogP contribution is 2.20. The van der Waals surface area contributed by atoms with Gasteiger partial charge >= 0.3 is 0 Å². The number of hydrogen-bond donors (Lipinski definition) is 2. The van der Waals surface area contributed by atoms with Crippen LogP contribution in [0.3, 0.4) is 0 Å². The molecule has 0 bridgehead atoms. The number of benzene rings is 1. The van der Waals surface area contributed by atoms with Gasteiger partial charge in [0.15, 0.2) is 5.96 Å². The van der Waals surface area contributed by atoms with Crippen molar-refractivity contribution in [1.82, 2.24) is 20.5 Å². The SMILES string of the molecule is CN=C(NCCC(=O)N1CCN(c2ccccn2)CC1)NC1CCN(c2ccc(C)cc2)C1.I. The van der Waals surface area contributed by atoms with E-state index in [4.69, 9.17) is 0 Å². The summed E-state index contributed by atoms with van der Waals surface area (Å²) < 4.78 is 0. The average Bonchev–Trinajstić information content (AvgIpc) is 3.33. The predicted molar refractivity (Wildman–Crippen MR) is 149 cm³/mol. The second kappa shape index (κ2) is 12.8. The molecule has 2 N–H and O–H groups in total. The van der Waals surface area contributed by atoms with Gasteiger partial charge in [-0.05, 0) is 37.6 Å². The Bertz CT molecular complexity index is 930. The van der Waals surface area contributed by atoms with E-state index in [1.165, 1.54) is 11.3 Å². The van der Waals surface area contributed by atoms with Crippen molar-refractivity contribution < 1.29 is 4.79 Å². The molecule has 1 aromatic carbocycles. The number of halogens is 1. The average molecular weight is 578 g/mol. The molecule has 9 heteroatoms. The number of rotatable bonds is 6. The largest absolute Gasteiger partial charge is 0.369 e. The van der Waals surface area contributed by atoms with E-state index >= 15 is 0 Å². The lowest BCUT2D eigenvalue weighted by Crippen LogP contribution is -2.50. The van der Waals surface area contributed by atoms with Crippen LogP contribution in [0, 0.1) is 6.92 Å². The van der Waals surface area contributed by atoms with Crippen molar-refractivity contribution in [3.05, 3.63) is 54.2 Å². The maximum atomic E-state index is 12.7. The summed E-state index contributed by atoms with van der Waals surface area (Å²) in [7, 11) is 1.78. The molecular weight excluding hydrogens is 541 g/mol. The molecule has 2 saturated heterocycles. The summed E-state index contributed by atoms with van der Waals surface area (Å²) in [4.78, 5) is 28.0. The number of guanidine groups is 1. The Balaban J connectivity index is 0.00000324. The van der Waals surface area contributed by atoms with Crippen molar-refractivity contribution in [2.75, 3.05) is 62.7 Å². The lowest BCUT2D eigenvalue weighted by Gasteiger charge is -2.35. The lowest BCUT2D eigenvalue weighted by atomic mass is 10.2. The lowest BCUT2D eigenvalue weighted by molar-refractivity contribution is -0.131. The fraction of sp³-hybridized carbons (Fsp3) is 0.480. The fourth-order valence-electron chi connectivity index (χ4n) is 4.43. The molecule has 8 nitrogen and oxygen atoms in total. The summed E-state index contributed by atoms with van der Waals surface area (Å²) >= 11 is 0. The zero-order valence-electron chi connectivity index (χ0n) is 20.1. The van der Waals surface area contributed by atoms with Crippen LogP contribution >= 0.6 is 24.0 Å². The summed E-state index contributed by atoms with van der Waals surface area (Å²) in [6.45, 7) is 7.77. The Hall–Kier alpha value is -2.56. The first-order chi connectivity index (χ1) is 16.1. The summed E-state index contributed by atoms with van der Waals surface area (Å²) in [5.41, 5.74) is 2.54. The van der Waals surface area contributed by atoms with E-state index in [0.717, 1.165) is 57.5 Å². The first-order valence-electron chi connectivity index (χ1n) is 11.8. The van der Waals surface area contributed by atoms with Gasteiger partial charge in [0, 0.05) is 77.2 Å². The summed E-state index contributed by atoms with van der Waals surface area (Å²) in [5.74, 6) is 1.93. The van der Waals surface area contributed by atoms with E-state index in [-0.39, 0.29) is 29.9 Å². The van der Waals surface area contributed by atoms with Gasteiger partial charge in [0.2, 0.25) is 5.91 Å². The third-order valence-electron chi connectivity index (χ3n) is 6.39. The molecule has 2 aliphatic heterocycles. The Morgan fingerprint density at radius 1 is 1.06 bits per heavy atom. The summed E-state index contributed by atoms with van der Waals surface area (Å²) in [5, 5.41) is 6.83. The van der Waals surface area contributed by atoms with Gasteiger partial charge in [-0.1, -0.05) is 23.8 Å². The molecule has 2 aromatic rings. The van der Waals surface area contributed by atoms with Gasteiger partial charge in [-0.2, -0.15) is 0 Å². The zero-order valence-corrected chi connectivity index (χ0v) is 22.4. The normalized spacial score (nSPS) is 18.5. The van der Waals surface area contributed by atoms with Crippen LogP contribution in [-0.2, 0) is 4.79 Å². The minimum absolute atomic E-state index is 0. The highest BCUT2D eigenvalue weighted by Gasteiger charge is 2.24. The van der Waals surface area contributed by atoms with E-state index in [2.05, 4.69) is 61.6 Å². The highest BCUT2D eigenvalue weighted by atomic mass is 127. The van der Waals surface area contributed by atoms with Crippen LogP contribution in [0.4, 0.5) is 11.5 Å². The van der Waals surface area contributed by atoms with Gasteiger partial charge in [-0.15, -0.1) is 24.0 Å². The van der Waals surface area contributed by atoms with Crippen molar-refractivity contribution in [3.63, 3.8) is 0 Å². The third-order valence-corrected chi connectivity index (χ3v) is 6.39. The second-order valence-corrected chi connectivity index (χ2v) is 8.72. The van der Waals surface area contributed by atoms with E-state index in [1.54, 1.807) is 7.05 Å². The number of carbonyl (C=O) groups excluding carboxylic acids is 1. The number of carbonyl (C=O) groups is 1. The number of aliphatic imine (C=N–C) groups is 1. The number of piperazine rings is 1. The molecule has 1 aromatic heterocycles. The van der Waals surface area contributed by atoms with Crippen LogP contribution in [0.25, 0.3) is 0 Å². The highest BCUT2D eigenvalue weighted by molar-refractivity contribution is 14.0.